The first-order chi connectivity index (χ1) is 15.8. The monoisotopic (exact) mass is 464 g/mol. The van der Waals surface area contributed by atoms with Crippen LogP contribution in [-0.2, 0) is 30.8 Å². The van der Waals surface area contributed by atoms with Gasteiger partial charge in [-0.25, -0.2) is 17.2 Å². The van der Waals surface area contributed by atoms with Crippen molar-refractivity contribution >= 4 is 32.8 Å². The van der Waals surface area contributed by atoms with E-state index in [2.05, 4.69) is 0 Å². The molecule has 1 aromatic heterocycles. The van der Waals surface area contributed by atoms with Crippen molar-refractivity contribution in [1.82, 2.24) is 8.87 Å². The number of para-hydroxylation sites is 1. The van der Waals surface area contributed by atoms with E-state index >= 15 is 0 Å². The number of methoxy groups -OCH3 is 1. The van der Waals surface area contributed by atoms with Crippen molar-refractivity contribution in [2.45, 2.75) is 37.1 Å². The lowest BCUT2D eigenvalue weighted by molar-refractivity contribution is -0.137. The fourth-order valence-corrected chi connectivity index (χ4v) is 6.53. The highest BCUT2D eigenvalue weighted by Gasteiger charge is 2.42. The molecule has 2 aromatic carbocycles. The fraction of sp³-hybridized carbons (Fsp3) is 0.280. The molecule has 2 aliphatic heterocycles. The average molecular weight is 465 g/mol. The molecule has 33 heavy (non-hydrogen) atoms. The number of aromatic nitrogens is 1. The van der Waals surface area contributed by atoms with E-state index in [1.54, 1.807) is 35.2 Å². The summed E-state index contributed by atoms with van der Waals surface area (Å²) in [6.07, 6.45) is 2.60. The maximum absolute atomic E-state index is 14.0. The van der Waals surface area contributed by atoms with Crippen LogP contribution < -0.4 is 0 Å². The minimum Gasteiger partial charge on any atom is -0.466 e. The van der Waals surface area contributed by atoms with Gasteiger partial charge in [-0.05, 0) is 49.1 Å². The highest BCUT2D eigenvalue weighted by Crippen LogP contribution is 2.45. The van der Waals surface area contributed by atoms with E-state index in [9.17, 15) is 18.0 Å². The topological polar surface area (TPSA) is 85.7 Å². The van der Waals surface area contributed by atoms with Gasteiger partial charge >= 0.3 is 5.97 Å². The minimum absolute atomic E-state index is 0.0443. The summed E-state index contributed by atoms with van der Waals surface area (Å²) < 4.78 is 34.2. The summed E-state index contributed by atoms with van der Waals surface area (Å²) in [6, 6.07) is 13.5. The third kappa shape index (κ3) is 3.36. The Morgan fingerprint density at radius 3 is 2.52 bits per heavy atom. The van der Waals surface area contributed by atoms with Gasteiger partial charge in [-0.3, -0.25) is 4.79 Å². The lowest BCUT2D eigenvalue weighted by atomic mass is 9.86. The summed E-state index contributed by atoms with van der Waals surface area (Å²) >= 11 is 0. The normalized spacial score (nSPS) is 19.5. The zero-order valence-electron chi connectivity index (χ0n) is 18.4. The summed E-state index contributed by atoms with van der Waals surface area (Å²) in [7, 11) is -2.67. The molecule has 0 saturated carbocycles. The number of rotatable bonds is 3. The van der Waals surface area contributed by atoms with Gasteiger partial charge in [-0.1, -0.05) is 35.9 Å². The molecule has 1 amide bonds. The van der Waals surface area contributed by atoms with E-state index < -0.39 is 22.0 Å². The zero-order valence-corrected chi connectivity index (χ0v) is 19.3. The zero-order chi connectivity index (χ0) is 23.3. The van der Waals surface area contributed by atoms with Crippen LogP contribution in [0.2, 0.25) is 0 Å². The third-order valence-electron chi connectivity index (χ3n) is 6.51. The van der Waals surface area contributed by atoms with Gasteiger partial charge in [0.15, 0.2) is 0 Å². The molecule has 0 radical (unpaired) electrons. The van der Waals surface area contributed by atoms with Crippen molar-refractivity contribution < 1.29 is 22.7 Å². The van der Waals surface area contributed by atoms with E-state index in [0.717, 1.165) is 16.5 Å². The number of aryl methyl sites for hydroxylation is 1. The standard InChI is InChI=1S/C25H24N2O5S/c1-16-7-10-18(11-8-16)33(30,31)27-21-6-4-3-5-19(21)20-13-14-26-22(28)12-9-17(15-23(29)32-2)24(26)25(20)27/h3-8,10-11,15,24H,9,12-14H2,1-2H3/b17-15+. The number of carbonyl (C=O) groups is 2. The molecular formula is C25H24N2O5S. The molecule has 3 aromatic rings. The van der Waals surface area contributed by atoms with Crippen molar-refractivity contribution in [1.29, 1.82) is 0 Å². The van der Waals surface area contributed by atoms with E-state index in [1.807, 2.05) is 25.1 Å². The van der Waals surface area contributed by atoms with E-state index in [4.69, 9.17) is 4.74 Å². The molecule has 0 aliphatic carbocycles. The Labute approximate surface area is 192 Å². The van der Waals surface area contributed by atoms with Crippen molar-refractivity contribution in [3.8, 4) is 0 Å². The number of benzene rings is 2. The first kappa shape index (κ1) is 21.5. The van der Waals surface area contributed by atoms with Crippen molar-refractivity contribution in [2.24, 2.45) is 0 Å². The van der Waals surface area contributed by atoms with Crippen LogP contribution in [0, 0.1) is 6.92 Å². The molecule has 0 bridgehead atoms. The lowest BCUT2D eigenvalue weighted by Gasteiger charge is -2.41. The molecule has 1 fully saturated rings. The maximum Gasteiger partial charge on any atom is 0.330 e. The Kier molecular flexibility index (Phi) is 5.12. The molecule has 0 spiro atoms. The van der Waals surface area contributed by atoms with Crippen LogP contribution in [0.4, 0.5) is 0 Å². The first-order valence-corrected chi connectivity index (χ1v) is 12.3. The minimum atomic E-state index is -3.97. The van der Waals surface area contributed by atoms with Gasteiger partial charge in [0.25, 0.3) is 10.0 Å². The number of ether oxygens (including phenoxy) is 1. The smallest absolute Gasteiger partial charge is 0.330 e. The predicted octanol–water partition coefficient (Wildman–Crippen LogP) is 3.51. The highest BCUT2D eigenvalue weighted by atomic mass is 32.2. The SMILES string of the molecule is COC(=O)/C=C1\CCC(=O)N2CCc3c(n(S(=O)(=O)c4ccc(C)cc4)c4ccccc34)C12. The Bertz CT molecular complexity index is 1420. The Balaban J connectivity index is 1.83. The largest absolute Gasteiger partial charge is 0.466 e. The number of fused-ring (bicyclic) bond motifs is 5. The predicted molar refractivity (Wildman–Crippen MR) is 123 cm³/mol. The molecular weight excluding hydrogens is 440 g/mol. The lowest BCUT2D eigenvalue weighted by Crippen LogP contribution is -2.45. The van der Waals surface area contributed by atoms with Gasteiger partial charge in [-0.2, -0.15) is 0 Å². The second-order valence-corrected chi connectivity index (χ2v) is 10.2. The van der Waals surface area contributed by atoms with Crippen LogP contribution >= 0.6 is 0 Å². The van der Waals surface area contributed by atoms with E-state index in [1.165, 1.54) is 17.2 Å². The number of nitrogens with zero attached hydrogens (tertiary/aromatic N) is 2. The van der Waals surface area contributed by atoms with Crippen LogP contribution in [0.25, 0.3) is 10.9 Å². The first-order valence-electron chi connectivity index (χ1n) is 10.8. The summed E-state index contributed by atoms with van der Waals surface area (Å²) in [6.45, 7) is 2.37. The Morgan fingerprint density at radius 1 is 1.06 bits per heavy atom. The third-order valence-corrected chi connectivity index (χ3v) is 8.25. The number of amides is 1. The molecule has 0 N–H and O–H groups in total. The number of hydrogen-bond donors (Lipinski definition) is 0. The van der Waals surface area contributed by atoms with Crippen molar-refractivity contribution in [3.05, 3.63) is 77.0 Å². The molecule has 1 unspecified atom stereocenters. The molecule has 7 nitrogen and oxygen atoms in total. The molecule has 2 aliphatic rings. The fourth-order valence-electron chi connectivity index (χ4n) is 4.96. The number of piperidine rings is 1. The number of hydrogen-bond acceptors (Lipinski definition) is 5. The number of carbonyl (C=O) groups excluding carboxylic acids is 2. The number of esters is 1. The molecule has 170 valence electrons. The second kappa shape index (κ2) is 7.88. The molecule has 3 heterocycles. The van der Waals surface area contributed by atoms with Gasteiger partial charge in [0, 0.05) is 24.4 Å². The molecule has 8 heteroatoms. The second-order valence-electron chi connectivity index (χ2n) is 8.45. The van der Waals surface area contributed by atoms with E-state index in [0.29, 0.717) is 36.2 Å². The summed E-state index contributed by atoms with van der Waals surface area (Å²) in [5.74, 6) is -0.562. The van der Waals surface area contributed by atoms with Gasteiger partial charge in [0.1, 0.15) is 0 Å². The van der Waals surface area contributed by atoms with Crippen molar-refractivity contribution in [3.63, 3.8) is 0 Å². The molecule has 1 atom stereocenters. The van der Waals surface area contributed by atoms with Crippen LogP contribution in [0.1, 0.15) is 35.7 Å². The van der Waals surface area contributed by atoms with Crippen LogP contribution in [0.3, 0.4) is 0 Å². The van der Waals surface area contributed by atoms with Gasteiger partial charge < -0.3 is 9.64 Å². The Morgan fingerprint density at radius 2 is 1.79 bits per heavy atom. The molecule has 5 rings (SSSR count). The van der Waals surface area contributed by atoms with Crippen LogP contribution in [-0.4, -0.2) is 42.8 Å². The summed E-state index contributed by atoms with van der Waals surface area (Å²) in [5.41, 5.74) is 3.64. The van der Waals surface area contributed by atoms with Gasteiger partial charge in [0.05, 0.1) is 29.3 Å². The average Bonchev–Trinajstić information content (AvgIpc) is 3.16. The van der Waals surface area contributed by atoms with Crippen molar-refractivity contribution in [2.75, 3.05) is 13.7 Å². The summed E-state index contributed by atoms with van der Waals surface area (Å²) in [4.78, 5) is 26.8. The maximum atomic E-state index is 14.0. The van der Waals surface area contributed by atoms with Crippen LogP contribution in [0.5, 0.6) is 0 Å². The van der Waals surface area contributed by atoms with Gasteiger partial charge in [0.2, 0.25) is 5.91 Å². The van der Waals surface area contributed by atoms with Crippen LogP contribution in [0.15, 0.2) is 65.1 Å². The van der Waals surface area contributed by atoms with Gasteiger partial charge in [-0.15, -0.1) is 0 Å². The molecule has 1 saturated heterocycles. The summed E-state index contributed by atoms with van der Waals surface area (Å²) in [5, 5.41) is 0.846. The highest BCUT2D eigenvalue weighted by molar-refractivity contribution is 7.90. The van der Waals surface area contributed by atoms with E-state index in [-0.39, 0.29) is 17.2 Å². The quantitative estimate of drug-likeness (QED) is 0.437. The Hall–Kier alpha value is -3.39.